The molecule has 0 aliphatic heterocycles. The zero-order valence-corrected chi connectivity index (χ0v) is 10.9. The smallest absolute Gasteiger partial charge is 0.407 e. The van der Waals surface area contributed by atoms with Gasteiger partial charge in [-0.25, -0.2) is 4.79 Å². The van der Waals surface area contributed by atoms with E-state index in [0.717, 1.165) is 12.7 Å². The molecule has 0 aliphatic rings. The molecule has 0 aromatic heterocycles. The van der Waals surface area contributed by atoms with Gasteiger partial charge in [-0.1, -0.05) is 13.8 Å². The van der Waals surface area contributed by atoms with E-state index >= 15 is 0 Å². The van der Waals surface area contributed by atoms with Crippen molar-refractivity contribution in [3.63, 3.8) is 0 Å². The molecule has 0 radical (unpaired) electrons. The molecule has 0 saturated carbocycles. The van der Waals surface area contributed by atoms with Crippen LogP contribution in [0.5, 0.6) is 0 Å². The van der Waals surface area contributed by atoms with E-state index in [-0.39, 0.29) is 5.41 Å². The van der Waals surface area contributed by atoms with E-state index in [2.05, 4.69) is 5.32 Å². The first-order valence-electron chi connectivity index (χ1n) is 5.63. The summed E-state index contributed by atoms with van der Waals surface area (Å²) in [6, 6.07) is 0. The van der Waals surface area contributed by atoms with Gasteiger partial charge in [0.2, 0.25) is 0 Å². The third-order valence-electron chi connectivity index (χ3n) is 2.49. The maximum atomic E-state index is 11.4. The molecule has 1 atom stereocenters. The number of rotatable bonds is 5. The molecule has 0 aromatic rings. The Balaban J connectivity index is 4.12. The second-order valence-electron chi connectivity index (χ2n) is 5.39. The fourth-order valence-electron chi connectivity index (χ4n) is 1.14. The van der Waals surface area contributed by atoms with Gasteiger partial charge >= 0.3 is 6.09 Å². The molecule has 0 spiro atoms. The van der Waals surface area contributed by atoms with Crippen molar-refractivity contribution >= 4 is 12.4 Å². The first-order valence-corrected chi connectivity index (χ1v) is 5.63. The minimum Gasteiger partial charge on any atom is -0.444 e. The highest BCUT2D eigenvalue weighted by Gasteiger charge is 2.24. The number of hydrogen-bond donors (Lipinski definition) is 1. The van der Waals surface area contributed by atoms with Crippen LogP contribution in [0.3, 0.4) is 0 Å². The van der Waals surface area contributed by atoms with E-state index in [9.17, 15) is 9.59 Å². The zero-order valence-electron chi connectivity index (χ0n) is 10.9. The molecule has 1 amide bonds. The SMILES string of the molecule is CCC(C)(CC=O)CNC(=O)OC(C)(C)C. The average Bonchev–Trinajstić information content (AvgIpc) is 2.13. The zero-order chi connectivity index (χ0) is 12.8. The molecule has 0 aromatic carbocycles. The Morgan fingerprint density at radius 1 is 1.31 bits per heavy atom. The van der Waals surface area contributed by atoms with Crippen molar-refractivity contribution in [1.82, 2.24) is 5.32 Å². The molecule has 0 saturated heterocycles. The highest BCUT2D eigenvalue weighted by molar-refractivity contribution is 5.67. The van der Waals surface area contributed by atoms with Crippen LogP contribution in [-0.4, -0.2) is 24.5 Å². The second-order valence-corrected chi connectivity index (χ2v) is 5.39. The second kappa shape index (κ2) is 5.87. The highest BCUT2D eigenvalue weighted by Crippen LogP contribution is 2.23. The van der Waals surface area contributed by atoms with Crippen LogP contribution >= 0.6 is 0 Å². The summed E-state index contributed by atoms with van der Waals surface area (Å²) < 4.78 is 5.12. The lowest BCUT2D eigenvalue weighted by Gasteiger charge is -2.27. The predicted molar refractivity (Wildman–Crippen MR) is 63.3 cm³/mol. The minimum atomic E-state index is -0.489. The molecule has 0 rings (SSSR count). The summed E-state index contributed by atoms with van der Waals surface area (Å²) >= 11 is 0. The van der Waals surface area contributed by atoms with Gasteiger partial charge in [0.25, 0.3) is 0 Å². The maximum Gasteiger partial charge on any atom is 0.407 e. The number of aldehydes is 1. The van der Waals surface area contributed by atoms with Crippen molar-refractivity contribution in [1.29, 1.82) is 0 Å². The lowest BCUT2D eigenvalue weighted by Crippen LogP contribution is -2.39. The number of alkyl carbamates (subject to hydrolysis) is 1. The van der Waals surface area contributed by atoms with E-state index in [1.54, 1.807) is 0 Å². The van der Waals surface area contributed by atoms with Crippen LogP contribution in [0, 0.1) is 5.41 Å². The first kappa shape index (κ1) is 14.9. The monoisotopic (exact) mass is 229 g/mol. The molecular weight excluding hydrogens is 206 g/mol. The Morgan fingerprint density at radius 2 is 1.88 bits per heavy atom. The third kappa shape index (κ3) is 6.43. The van der Waals surface area contributed by atoms with Crippen LogP contribution in [0.1, 0.15) is 47.5 Å². The normalized spacial score (nSPS) is 15.1. The maximum absolute atomic E-state index is 11.4. The summed E-state index contributed by atoms with van der Waals surface area (Å²) in [5.74, 6) is 0. The van der Waals surface area contributed by atoms with Gasteiger partial charge in [0.1, 0.15) is 11.9 Å². The van der Waals surface area contributed by atoms with E-state index in [4.69, 9.17) is 4.74 Å². The Hall–Kier alpha value is -1.06. The van der Waals surface area contributed by atoms with Crippen LogP contribution in [0.25, 0.3) is 0 Å². The average molecular weight is 229 g/mol. The van der Waals surface area contributed by atoms with Gasteiger partial charge in [0.15, 0.2) is 0 Å². The third-order valence-corrected chi connectivity index (χ3v) is 2.49. The van der Waals surface area contributed by atoms with Gasteiger partial charge in [0.05, 0.1) is 0 Å². The van der Waals surface area contributed by atoms with Crippen LogP contribution < -0.4 is 5.32 Å². The number of carbonyl (C=O) groups is 2. The largest absolute Gasteiger partial charge is 0.444 e. The lowest BCUT2D eigenvalue weighted by atomic mass is 9.84. The van der Waals surface area contributed by atoms with Gasteiger partial charge in [-0.2, -0.15) is 0 Å². The van der Waals surface area contributed by atoms with Crippen molar-refractivity contribution in [2.75, 3.05) is 6.54 Å². The Morgan fingerprint density at radius 3 is 2.25 bits per heavy atom. The molecule has 0 bridgehead atoms. The van der Waals surface area contributed by atoms with Gasteiger partial charge in [-0.3, -0.25) is 0 Å². The lowest BCUT2D eigenvalue weighted by molar-refractivity contribution is -0.109. The van der Waals surface area contributed by atoms with Crippen LogP contribution in [-0.2, 0) is 9.53 Å². The van der Waals surface area contributed by atoms with Crippen molar-refractivity contribution in [3.05, 3.63) is 0 Å². The number of hydrogen-bond acceptors (Lipinski definition) is 3. The molecule has 4 heteroatoms. The van der Waals surface area contributed by atoms with Crippen molar-refractivity contribution in [2.24, 2.45) is 5.41 Å². The molecule has 94 valence electrons. The minimum absolute atomic E-state index is 0.182. The van der Waals surface area contributed by atoms with Crippen LogP contribution in [0.4, 0.5) is 4.79 Å². The number of amides is 1. The topological polar surface area (TPSA) is 55.4 Å². The Kier molecular flexibility index (Phi) is 5.48. The molecule has 0 heterocycles. The van der Waals surface area contributed by atoms with Gasteiger partial charge in [0, 0.05) is 13.0 Å². The number of ether oxygens (including phenoxy) is 1. The van der Waals surface area contributed by atoms with Crippen molar-refractivity contribution in [2.45, 2.75) is 53.1 Å². The Labute approximate surface area is 97.7 Å². The summed E-state index contributed by atoms with van der Waals surface area (Å²) in [7, 11) is 0. The van der Waals surface area contributed by atoms with Crippen molar-refractivity contribution < 1.29 is 14.3 Å². The fraction of sp³-hybridized carbons (Fsp3) is 0.833. The summed E-state index contributed by atoms with van der Waals surface area (Å²) in [4.78, 5) is 21.9. The molecule has 16 heavy (non-hydrogen) atoms. The van der Waals surface area contributed by atoms with E-state index in [1.807, 2.05) is 34.6 Å². The number of nitrogens with one attached hydrogen (secondary N) is 1. The first-order chi connectivity index (χ1) is 7.22. The quantitative estimate of drug-likeness (QED) is 0.737. The highest BCUT2D eigenvalue weighted by atomic mass is 16.6. The van der Waals surface area contributed by atoms with E-state index in [0.29, 0.717) is 13.0 Å². The molecule has 4 nitrogen and oxygen atoms in total. The van der Waals surface area contributed by atoms with Crippen LogP contribution in [0.15, 0.2) is 0 Å². The summed E-state index contributed by atoms with van der Waals surface area (Å²) in [6.07, 6.45) is 1.74. The van der Waals surface area contributed by atoms with Gasteiger partial charge in [-0.15, -0.1) is 0 Å². The van der Waals surface area contributed by atoms with Crippen molar-refractivity contribution in [3.8, 4) is 0 Å². The molecular formula is C12H23NO3. The number of carbonyl (C=O) groups excluding carboxylic acids is 2. The molecule has 1 N–H and O–H groups in total. The van der Waals surface area contributed by atoms with E-state index < -0.39 is 11.7 Å². The predicted octanol–water partition coefficient (Wildman–Crippen LogP) is 2.52. The van der Waals surface area contributed by atoms with Crippen LogP contribution in [0.2, 0.25) is 0 Å². The summed E-state index contributed by atoms with van der Waals surface area (Å²) in [5, 5.41) is 2.70. The molecule has 0 aliphatic carbocycles. The van der Waals surface area contributed by atoms with E-state index in [1.165, 1.54) is 0 Å². The van der Waals surface area contributed by atoms with Gasteiger partial charge < -0.3 is 14.8 Å². The molecule has 1 unspecified atom stereocenters. The van der Waals surface area contributed by atoms with Gasteiger partial charge in [-0.05, 0) is 32.6 Å². The Bertz CT molecular complexity index is 245. The summed E-state index contributed by atoms with van der Waals surface area (Å²) in [6.45, 7) is 9.88. The standard InChI is InChI=1S/C12H23NO3/c1-6-12(5,7-8-14)9-13-10(15)16-11(2,3)4/h8H,6-7,9H2,1-5H3,(H,13,15). The summed E-state index contributed by atoms with van der Waals surface area (Å²) in [5.41, 5.74) is -0.671. The fourth-order valence-corrected chi connectivity index (χ4v) is 1.14. The molecule has 0 fully saturated rings.